The Hall–Kier alpha value is -2.82. The molecule has 0 fully saturated rings. The van der Waals surface area contributed by atoms with Crippen molar-refractivity contribution in [2.45, 2.75) is 44.9 Å². The highest BCUT2D eigenvalue weighted by Gasteiger charge is 2.45. The van der Waals surface area contributed by atoms with E-state index < -0.39 is 5.60 Å². The molecule has 0 saturated carbocycles. The minimum absolute atomic E-state index is 0.249. The molecule has 0 amide bonds. The third-order valence-corrected chi connectivity index (χ3v) is 5.48. The highest BCUT2D eigenvalue weighted by Crippen LogP contribution is 2.44. The standard InChI is InChI=1S/C26H29NO3/c1-26(2)25(29-18-20-12-8-5-9-13-20)24(28-17-19-10-6-4-7-11-19)22-16-21(27-3)14-15-23(22)30-26/h4-16,24-25,27H,17-18H2,1-3H3. The number of benzene rings is 3. The van der Waals surface area contributed by atoms with Gasteiger partial charge in [-0.05, 0) is 43.2 Å². The van der Waals surface area contributed by atoms with Gasteiger partial charge in [0.2, 0.25) is 0 Å². The molecule has 3 aromatic carbocycles. The molecule has 30 heavy (non-hydrogen) atoms. The first-order valence-electron chi connectivity index (χ1n) is 10.4. The summed E-state index contributed by atoms with van der Waals surface area (Å²) in [4.78, 5) is 0. The lowest BCUT2D eigenvalue weighted by Gasteiger charge is -2.44. The van der Waals surface area contributed by atoms with Gasteiger partial charge in [0.15, 0.2) is 0 Å². The third-order valence-electron chi connectivity index (χ3n) is 5.48. The molecule has 1 N–H and O–H groups in total. The summed E-state index contributed by atoms with van der Waals surface area (Å²) in [5.74, 6) is 0.844. The molecule has 1 aliphatic rings. The first-order valence-corrected chi connectivity index (χ1v) is 10.4. The summed E-state index contributed by atoms with van der Waals surface area (Å²) < 4.78 is 19.3. The molecule has 0 aliphatic carbocycles. The lowest BCUT2D eigenvalue weighted by molar-refractivity contribution is -0.170. The van der Waals surface area contributed by atoms with Crippen molar-refractivity contribution in [3.05, 3.63) is 95.6 Å². The highest BCUT2D eigenvalue weighted by atomic mass is 16.6. The van der Waals surface area contributed by atoms with Gasteiger partial charge in [-0.15, -0.1) is 0 Å². The minimum atomic E-state index is -0.537. The van der Waals surface area contributed by atoms with Gasteiger partial charge in [-0.1, -0.05) is 60.7 Å². The summed E-state index contributed by atoms with van der Waals surface area (Å²) in [6, 6.07) is 26.6. The van der Waals surface area contributed by atoms with Crippen LogP contribution < -0.4 is 10.1 Å². The van der Waals surface area contributed by atoms with E-state index in [4.69, 9.17) is 14.2 Å². The molecule has 3 aromatic rings. The smallest absolute Gasteiger partial charge is 0.132 e. The molecule has 2 unspecified atom stereocenters. The average Bonchev–Trinajstić information content (AvgIpc) is 2.77. The summed E-state index contributed by atoms with van der Waals surface area (Å²) in [6.07, 6.45) is -0.512. The zero-order valence-electron chi connectivity index (χ0n) is 17.8. The molecule has 4 rings (SSSR count). The number of anilines is 1. The molecular formula is C26H29NO3. The number of rotatable bonds is 7. The first-order chi connectivity index (χ1) is 14.6. The SMILES string of the molecule is CNc1ccc2c(c1)C(OCc1ccccc1)C(OCc1ccccc1)C(C)(C)O2. The van der Waals surface area contributed by atoms with Gasteiger partial charge >= 0.3 is 0 Å². The van der Waals surface area contributed by atoms with E-state index in [-0.39, 0.29) is 12.2 Å². The van der Waals surface area contributed by atoms with Crippen LogP contribution in [0.15, 0.2) is 78.9 Å². The maximum atomic E-state index is 6.50. The predicted molar refractivity (Wildman–Crippen MR) is 120 cm³/mol. The Morgan fingerprint density at radius 1 is 0.833 bits per heavy atom. The lowest BCUT2D eigenvalue weighted by Crippen LogP contribution is -2.50. The monoisotopic (exact) mass is 403 g/mol. The molecule has 2 atom stereocenters. The predicted octanol–water partition coefficient (Wildman–Crippen LogP) is 5.74. The van der Waals surface area contributed by atoms with Gasteiger partial charge in [-0.3, -0.25) is 0 Å². The molecule has 0 aromatic heterocycles. The van der Waals surface area contributed by atoms with Gasteiger partial charge in [-0.2, -0.15) is 0 Å². The molecule has 0 saturated heterocycles. The van der Waals surface area contributed by atoms with Gasteiger partial charge in [0, 0.05) is 18.3 Å². The Bertz CT molecular complexity index is 957. The quantitative estimate of drug-likeness (QED) is 0.546. The van der Waals surface area contributed by atoms with Crippen LogP contribution in [0.1, 0.15) is 36.6 Å². The van der Waals surface area contributed by atoms with E-state index in [9.17, 15) is 0 Å². The van der Waals surface area contributed by atoms with Crippen LogP contribution in [0.4, 0.5) is 5.69 Å². The second-order valence-electron chi connectivity index (χ2n) is 8.14. The molecule has 0 radical (unpaired) electrons. The lowest BCUT2D eigenvalue weighted by atomic mass is 9.87. The van der Waals surface area contributed by atoms with Gasteiger partial charge in [-0.25, -0.2) is 0 Å². The highest BCUT2D eigenvalue weighted by molar-refractivity contribution is 5.53. The van der Waals surface area contributed by atoms with Gasteiger partial charge in [0.05, 0.1) is 13.2 Å². The van der Waals surface area contributed by atoms with Crippen molar-refractivity contribution in [2.24, 2.45) is 0 Å². The van der Waals surface area contributed by atoms with Gasteiger partial charge in [0.25, 0.3) is 0 Å². The maximum absolute atomic E-state index is 6.50. The van der Waals surface area contributed by atoms with Crippen molar-refractivity contribution in [1.82, 2.24) is 0 Å². The molecule has 1 heterocycles. The van der Waals surface area contributed by atoms with Crippen LogP contribution in [-0.4, -0.2) is 18.8 Å². The summed E-state index contributed by atoms with van der Waals surface area (Å²) in [6.45, 7) is 5.15. The molecule has 4 heteroatoms. The average molecular weight is 404 g/mol. The van der Waals surface area contributed by atoms with E-state index in [1.165, 1.54) is 0 Å². The molecule has 156 valence electrons. The third kappa shape index (κ3) is 4.50. The van der Waals surface area contributed by atoms with Crippen LogP contribution in [0.25, 0.3) is 0 Å². The van der Waals surface area contributed by atoms with Crippen LogP contribution in [0.2, 0.25) is 0 Å². The van der Waals surface area contributed by atoms with Crippen LogP contribution in [0.3, 0.4) is 0 Å². The largest absolute Gasteiger partial charge is 0.485 e. The van der Waals surface area contributed by atoms with Crippen LogP contribution in [0, 0.1) is 0 Å². The summed E-state index contributed by atoms with van der Waals surface area (Å²) in [7, 11) is 1.92. The molecule has 0 spiro atoms. The van der Waals surface area contributed by atoms with Crippen LogP contribution in [0.5, 0.6) is 5.75 Å². The summed E-state index contributed by atoms with van der Waals surface area (Å²) in [5.41, 5.74) is 3.76. The van der Waals surface area contributed by atoms with E-state index in [1.54, 1.807) is 0 Å². The Labute approximate surface area is 178 Å². The minimum Gasteiger partial charge on any atom is -0.485 e. The van der Waals surface area contributed by atoms with E-state index in [1.807, 2.05) is 55.6 Å². The van der Waals surface area contributed by atoms with Crippen molar-refractivity contribution in [3.8, 4) is 5.75 Å². The van der Waals surface area contributed by atoms with Crippen LogP contribution >= 0.6 is 0 Å². The van der Waals surface area contributed by atoms with Crippen LogP contribution in [-0.2, 0) is 22.7 Å². The van der Waals surface area contributed by atoms with Crippen molar-refractivity contribution in [1.29, 1.82) is 0 Å². The first kappa shape index (κ1) is 20.5. The second-order valence-corrected chi connectivity index (χ2v) is 8.14. The molecule has 0 bridgehead atoms. The Kier molecular flexibility index (Phi) is 6.07. The van der Waals surface area contributed by atoms with E-state index >= 15 is 0 Å². The Morgan fingerprint density at radius 2 is 1.43 bits per heavy atom. The fraction of sp³-hybridized carbons (Fsp3) is 0.308. The summed E-state index contributed by atoms with van der Waals surface area (Å²) in [5, 5.41) is 3.21. The van der Waals surface area contributed by atoms with E-state index in [0.29, 0.717) is 13.2 Å². The Balaban J connectivity index is 1.64. The molecule has 4 nitrogen and oxygen atoms in total. The fourth-order valence-electron chi connectivity index (χ4n) is 3.87. The fourth-order valence-corrected chi connectivity index (χ4v) is 3.87. The normalized spacial score (nSPS) is 19.6. The number of hydrogen-bond acceptors (Lipinski definition) is 4. The van der Waals surface area contributed by atoms with Crippen molar-refractivity contribution in [3.63, 3.8) is 0 Å². The molecule has 1 aliphatic heterocycles. The Morgan fingerprint density at radius 3 is 2.03 bits per heavy atom. The molecular weight excluding hydrogens is 374 g/mol. The van der Waals surface area contributed by atoms with Crippen molar-refractivity contribution >= 4 is 5.69 Å². The maximum Gasteiger partial charge on any atom is 0.132 e. The van der Waals surface area contributed by atoms with Crippen molar-refractivity contribution < 1.29 is 14.2 Å². The van der Waals surface area contributed by atoms with Gasteiger partial charge < -0.3 is 19.5 Å². The van der Waals surface area contributed by atoms with E-state index in [2.05, 4.69) is 49.5 Å². The summed E-state index contributed by atoms with van der Waals surface area (Å²) >= 11 is 0. The second kappa shape index (κ2) is 8.90. The van der Waals surface area contributed by atoms with Gasteiger partial charge in [0.1, 0.15) is 23.6 Å². The number of ether oxygens (including phenoxy) is 3. The zero-order chi connectivity index (χ0) is 21.0. The van der Waals surface area contributed by atoms with E-state index in [0.717, 1.165) is 28.1 Å². The van der Waals surface area contributed by atoms with Crippen molar-refractivity contribution in [2.75, 3.05) is 12.4 Å². The topological polar surface area (TPSA) is 39.7 Å². The number of nitrogens with one attached hydrogen (secondary N) is 1. The number of fused-ring (bicyclic) bond motifs is 1. The zero-order valence-corrected chi connectivity index (χ0v) is 17.8. The number of hydrogen-bond donors (Lipinski definition) is 1.